The molecule has 1 rings (SSSR count). The summed E-state index contributed by atoms with van der Waals surface area (Å²) in [5.41, 5.74) is 8.82. The largest absolute Gasteiger partial charge is 0.396 e. The number of methoxy groups -OCH3 is 1. The number of hydrogen-bond donors (Lipinski definition) is 1. The minimum absolute atomic E-state index is 0.236. The van der Waals surface area contributed by atoms with Gasteiger partial charge in [-0.1, -0.05) is 5.11 Å². The van der Waals surface area contributed by atoms with Crippen molar-refractivity contribution in [2.24, 2.45) is 5.11 Å². The fraction of sp³-hybridized carbons (Fsp3) is 0.571. The van der Waals surface area contributed by atoms with E-state index in [-0.39, 0.29) is 6.61 Å². The molecule has 0 saturated carbocycles. The smallest absolute Gasteiger partial charge is 0.119 e. The van der Waals surface area contributed by atoms with Gasteiger partial charge in [-0.05, 0) is 5.53 Å². The summed E-state index contributed by atoms with van der Waals surface area (Å²) in [6.07, 6.45) is 0. The second kappa shape index (κ2) is 5.56. The quantitative estimate of drug-likeness (QED) is 0.458. The average molecular weight is 214 g/mol. The van der Waals surface area contributed by atoms with Crippen LogP contribution in [0, 0.1) is 0 Å². The molecule has 1 N–H and O–H groups in total. The molecule has 1 aromatic rings. The van der Waals surface area contributed by atoms with Gasteiger partial charge < -0.3 is 9.84 Å². The molecule has 0 aliphatic rings. The normalized spacial score (nSPS) is 12.1. The van der Waals surface area contributed by atoms with Crippen molar-refractivity contribution in [1.82, 2.24) is 4.98 Å². The van der Waals surface area contributed by atoms with Gasteiger partial charge in [-0.3, -0.25) is 0 Å². The molecule has 6 nitrogen and oxygen atoms in total. The van der Waals surface area contributed by atoms with Crippen molar-refractivity contribution in [1.29, 1.82) is 0 Å². The Kier molecular flexibility index (Phi) is 4.34. The van der Waals surface area contributed by atoms with Crippen molar-refractivity contribution >= 4 is 11.3 Å². The summed E-state index contributed by atoms with van der Waals surface area (Å²) in [6.45, 7) is 0.194. The molecule has 0 saturated heterocycles. The highest BCUT2D eigenvalue weighted by Crippen LogP contribution is 2.20. The van der Waals surface area contributed by atoms with E-state index in [0.717, 1.165) is 5.01 Å². The molecule has 1 atom stereocenters. The van der Waals surface area contributed by atoms with Crippen LogP contribution < -0.4 is 0 Å². The Morgan fingerprint density at radius 1 is 1.86 bits per heavy atom. The van der Waals surface area contributed by atoms with Crippen LogP contribution in [0.1, 0.15) is 16.7 Å². The van der Waals surface area contributed by atoms with Crippen molar-refractivity contribution in [3.63, 3.8) is 0 Å². The van der Waals surface area contributed by atoms with Gasteiger partial charge in [0.05, 0.1) is 18.9 Å². The lowest BCUT2D eigenvalue weighted by molar-refractivity contribution is 0.184. The topological polar surface area (TPSA) is 91.1 Å². The Balaban J connectivity index is 2.77. The molecular formula is C7H10N4O2S. The van der Waals surface area contributed by atoms with Gasteiger partial charge in [-0.25, -0.2) is 4.98 Å². The van der Waals surface area contributed by atoms with Crippen LogP contribution in [0.5, 0.6) is 0 Å². The monoisotopic (exact) mass is 214 g/mol. The number of ether oxygens (including phenoxy) is 1. The van der Waals surface area contributed by atoms with Gasteiger partial charge >= 0.3 is 0 Å². The fourth-order valence-corrected chi connectivity index (χ4v) is 1.73. The van der Waals surface area contributed by atoms with Crippen LogP contribution in [-0.2, 0) is 11.3 Å². The van der Waals surface area contributed by atoms with Gasteiger partial charge in [0, 0.05) is 17.4 Å². The number of aliphatic hydroxyl groups excluding tert-OH is 1. The van der Waals surface area contributed by atoms with Crippen LogP contribution in [0.4, 0.5) is 0 Å². The Labute approximate surface area is 84.8 Å². The highest BCUT2D eigenvalue weighted by atomic mass is 32.1. The van der Waals surface area contributed by atoms with E-state index < -0.39 is 6.04 Å². The summed E-state index contributed by atoms with van der Waals surface area (Å²) in [5, 5.41) is 14.9. The Hall–Kier alpha value is -1.14. The van der Waals surface area contributed by atoms with Crippen molar-refractivity contribution in [2.45, 2.75) is 12.6 Å². The Bertz CT molecular complexity index is 334. The molecule has 0 amide bonds. The number of aromatic nitrogens is 1. The number of nitrogens with zero attached hydrogens (tertiary/aromatic N) is 4. The van der Waals surface area contributed by atoms with Gasteiger partial charge in [-0.2, -0.15) is 0 Å². The maximum Gasteiger partial charge on any atom is 0.119 e. The number of thiazole rings is 1. The van der Waals surface area contributed by atoms with Crippen molar-refractivity contribution < 1.29 is 9.84 Å². The average Bonchev–Trinajstić information content (AvgIpc) is 2.63. The van der Waals surface area contributed by atoms with Gasteiger partial charge in [-0.15, -0.1) is 11.3 Å². The van der Waals surface area contributed by atoms with E-state index in [4.69, 9.17) is 15.4 Å². The standard InChI is InChI=1S/C7H10N4O2S/c1-13-3-7-9-6(4-14-7)5(2-12)10-11-8/h4-5,12H,2-3H2,1H3. The molecule has 0 aliphatic heterocycles. The zero-order valence-corrected chi connectivity index (χ0v) is 8.44. The minimum Gasteiger partial charge on any atom is -0.396 e. The first-order chi connectivity index (χ1) is 6.81. The molecule has 1 unspecified atom stereocenters. The second-order valence-electron chi connectivity index (χ2n) is 2.50. The van der Waals surface area contributed by atoms with E-state index in [1.807, 2.05) is 0 Å². The van der Waals surface area contributed by atoms with Crippen molar-refractivity contribution in [3.05, 3.63) is 26.5 Å². The molecule has 14 heavy (non-hydrogen) atoms. The predicted octanol–water partition coefficient (Wildman–Crippen LogP) is 1.63. The first-order valence-electron chi connectivity index (χ1n) is 3.90. The summed E-state index contributed by atoms with van der Waals surface area (Å²) in [4.78, 5) is 6.80. The maximum absolute atomic E-state index is 8.92. The molecule has 0 aliphatic carbocycles. The first-order valence-corrected chi connectivity index (χ1v) is 4.78. The van der Waals surface area contributed by atoms with Crippen LogP contribution in [0.2, 0.25) is 0 Å². The van der Waals surface area contributed by atoms with E-state index in [1.165, 1.54) is 11.3 Å². The predicted molar refractivity (Wildman–Crippen MR) is 51.8 cm³/mol. The highest BCUT2D eigenvalue weighted by molar-refractivity contribution is 7.09. The molecule has 1 heterocycles. The van der Waals surface area contributed by atoms with E-state index in [9.17, 15) is 0 Å². The van der Waals surface area contributed by atoms with Crippen LogP contribution in [-0.4, -0.2) is 23.8 Å². The van der Waals surface area contributed by atoms with Gasteiger partial charge in [0.15, 0.2) is 0 Å². The van der Waals surface area contributed by atoms with E-state index >= 15 is 0 Å². The molecule has 0 aromatic carbocycles. The zero-order chi connectivity index (χ0) is 10.4. The lowest BCUT2D eigenvalue weighted by Crippen LogP contribution is -2.00. The van der Waals surface area contributed by atoms with E-state index in [1.54, 1.807) is 12.5 Å². The SMILES string of the molecule is COCc1nc(C(CO)N=[N+]=[N-])cs1. The maximum atomic E-state index is 8.92. The lowest BCUT2D eigenvalue weighted by Gasteiger charge is -2.01. The summed E-state index contributed by atoms with van der Waals surface area (Å²) in [7, 11) is 1.58. The molecule has 0 fully saturated rings. The summed E-state index contributed by atoms with van der Waals surface area (Å²) in [6, 6.07) is -0.596. The second-order valence-corrected chi connectivity index (χ2v) is 3.45. The minimum atomic E-state index is -0.596. The van der Waals surface area contributed by atoms with Gasteiger partial charge in [0.25, 0.3) is 0 Å². The number of hydrogen-bond acceptors (Lipinski definition) is 5. The molecule has 0 radical (unpaired) electrons. The van der Waals surface area contributed by atoms with Crippen LogP contribution in [0.3, 0.4) is 0 Å². The zero-order valence-electron chi connectivity index (χ0n) is 7.62. The molecule has 0 bridgehead atoms. The Morgan fingerprint density at radius 3 is 3.21 bits per heavy atom. The third-order valence-electron chi connectivity index (χ3n) is 1.54. The Morgan fingerprint density at radius 2 is 2.64 bits per heavy atom. The summed E-state index contributed by atoms with van der Waals surface area (Å²) in [5.74, 6) is 0. The van der Waals surface area contributed by atoms with E-state index in [2.05, 4.69) is 15.0 Å². The number of azide groups is 1. The molecule has 0 spiro atoms. The highest BCUT2D eigenvalue weighted by Gasteiger charge is 2.12. The van der Waals surface area contributed by atoms with Crippen molar-refractivity contribution in [2.75, 3.05) is 13.7 Å². The first kappa shape index (κ1) is 10.9. The number of rotatable bonds is 5. The lowest BCUT2D eigenvalue weighted by atomic mass is 10.3. The van der Waals surface area contributed by atoms with Crippen LogP contribution in [0.25, 0.3) is 10.4 Å². The molecular weight excluding hydrogens is 204 g/mol. The third kappa shape index (κ3) is 2.68. The number of aliphatic hydroxyl groups is 1. The van der Waals surface area contributed by atoms with E-state index in [0.29, 0.717) is 12.3 Å². The summed E-state index contributed by atoms with van der Waals surface area (Å²) >= 11 is 1.41. The summed E-state index contributed by atoms with van der Waals surface area (Å²) < 4.78 is 4.90. The van der Waals surface area contributed by atoms with Crippen LogP contribution >= 0.6 is 11.3 Å². The van der Waals surface area contributed by atoms with Crippen molar-refractivity contribution in [3.8, 4) is 0 Å². The molecule has 76 valence electrons. The molecule has 7 heteroatoms. The fourth-order valence-electron chi connectivity index (χ4n) is 0.919. The van der Waals surface area contributed by atoms with Crippen LogP contribution in [0.15, 0.2) is 10.5 Å². The third-order valence-corrected chi connectivity index (χ3v) is 2.38. The molecule has 1 aromatic heterocycles. The van der Waals surface area contributed by atoms with Gasteiger partial charge in [0.1, 0.15) is 11.0 Å². The van der Waals surface area contributed by atoms with Gasteiger partial charge in [0.2, 0.25) is 0 Å².